The summed E-state index contributed by atoms with van der Waals surface area (Å²) >= 11 is 5.92. The molecule has 0 spiro atoms. The van der Waals surface area contributed by atoms with E-state index in [0.29, 0.717) is 11.8 Å². The third-order valence-corrected chi connectivity index (χ3v) is 2.54. The van der Waals surface area contributed by atoms with Crippen molar-refractivity contribution in [3.63, 3.8) is 0 Å². The molecule has 0 aliphatic rings. The maximum absolute atomic E-state index is 5.92. The highest BCUT2D eigenvalue weighted by Gasteiger charge is 2.09. The number of pyridine rings is 1. The summed E-state index contributed by atoms with van der Waals surface area (Å²) in [6.45, 7) is 1.89. The lowest BCUT2D eigenvalue weighted by Crippen LogP contribution is -2.05. The molecule has 0 aromatic carbocycles. The molecule has 0 radical (unpaired) electrons. The van der Waals surface area contributed by atoms with Crippen LogP contribution in [-0.2, 0) is 0 Å². The number of aromatic nitrogens is 7. The van der Waals surface area contributed by atoms with Crippen molar-refractivity contribution in [3.05, 3.63) is 42.0 Å². The lowest BCUT2D eigenvalue weighted by molar-refractivity contribution is 0.796. The third kappa shape index (κ3) is 2.41. The third-order valence-electron chi connectivity index (χ3n) is 2.37. The molecule has 0 aliphatic heterocycles. The van der Waals surface area contributed by atoms with Crippen molar-refractivity contribution in [2.75, 3.05) is 0 Å². The summed E-state index contributed by atoms with van der Waals surface area (Å²) in [6, 6.07) is 3.68. The fraction of sp³-hybridized carbons (Fsp3) is 0.0909. The van der Waals surface area contributed by atoms with E-state index < -0.39 is 0 Å². The van der Waals surface area contributed by atoms with Crippen molar-refractivity contribution in [3.8, 4) is 17.3 Å². The summed E-state index contributed by atoms with van der Waals surface area (Å²) < 4.78 is 1.42. The average molecular weight is 274 g/mol. The number of rotatable bonds is 2. The molecule has 0 N–H and O–H groups in total. The van der Waals surface area contributed by atoms with Crippen molar-refractivity contribution in [1.29, 1.82) is 0 Å². The molecule has 0 saturated carbocycles. The summed E-state index contributed by atoms with van der Waals surface area (Å²) in [6.07, 6.45) is 4.58. The van der Waals surface area contributed by atoms with E-state index in [4.69, 9.17) is 11.6 Å². The Morgan fingerprint density at radius 1 is 1.21 bits per heavy atom. The molecule has 0 saturated heterocycles. The van der Waals surface area contributed by atoms with Crippen molar-refractivity contribution in [2.45, 2.75) is 6.92 Å². The zero-order valence-corrected chi connectivity index (χ0v) is 10.7. The van der Waals surface area contributed by atoms with Crippen molar-refractivity contribution in [1.82, 2.24) is 34.7 Å². The first kappa shape index (κ1) is 11.7. The lowest BCUT2D eigenvalue weighted by Gasteiger charge is -2.04. The fourth-order valence-electron chi connectivity index (χ4n) is 1.57. The van der Waals surface area contributed by atoms with E-state index in [0.717, 1.165) is 11.3 Å². The highest BCUT2D eigenvalue weighted by Crippen LogP contribution is 2.17. The first-order chi connectivity index (χ1) is 9.22. The van der Waals surface area contributed by atoms with Crippen LogP contribution in [0.3, 0.4) is 0 Å². The summed E-state index contributed by atoms with van der Waals surface area (Å²) in [5, 5.41) is 4.06. The van der Waals surface area contributed by atoms with Gasteiger partial charge < -0.3 is 0 Å². The maximum atomic E-state index is 5.92. The van der Waals surface area contributed by atoms with Crippen LogP contribution < -0.4 is 0 Å². The second-order valence-corrected chi connectivity index (χ2v) is 4.09. The minimum Gasteiger partial charge on any atom is -0.262 e. The number of halogens is 1. The van der Waals surface area contributed by atoms with Gasteiger partial charge in [-0.25, -0.2) is 4.98 Å². The molecule has 8 heteroatoms. The SMILES string of the molecule is Cc1cc(-c2nc(Cl)nc(-n3cncn3)n2)ccn1. The molecule has 0 amide bonds. The van der Waals surface area contributed by atoms with Gasteiger partial charge in [-0.2, -0.15) is 24.7 Å². The van der Waals surface area contributed by atoms with E-state index in [9.17, 15) is 0 Å². The van der Waals surface area contributed by atoms with Crippen LogP contribution in [0, 0.1) is 6.92 Å². The first-order valence-corrected chi connectivity index (χ1v) is 5.80. The smallest absolute Gasteiger partial charge is 0.256 e. The number of nitrogens with zero attached hydrogens (tertiary/aromatic N) is 7. The van der Waals surface area contributed by atoms with Gasteiger partial charge in [-0.3, -0.25) is 4.98 Å². The Labute approximate surface area is 113 Å². The Balaban J connectivity index is 2.12. The Morgan fingerprint density at radius 3 is 2.84 bits per heavy atom. The fourth-order valence-corrected chi connectivity index (χ4v) is 1.72. The highest BCUT2D eigenvalue weighted by atomic mass is 35.5. The van der Waals surface area contributed by atoms with Gasteiger partial charge in [-0.15, -0.1) is 0 Å². The molecular formula is C11H8ClN7. The number of hydrogen-bond acceptors (Lipinski definition) is 6. The first-order valence-electron chi connectivity index (χ1n) is 5.42. The summed E-state index contributed by atoms with van der Waals surface area (Å²) in [4.78, 5) is 20.4. The van der Waals surface area contributed by atoms with Crippen LogP contribution in [0.5, 0.6) is 0 Å². The highest BCUT2D eigenvalue weighted by molar-refractivity contribution is 6.28. The van der Waals surface area contributed by atoms with E-state index >= 15 is 0 Å². The van der Waals surface area contributed by atoms with Crippen LogP contribution in [0.15, 0.2) is 31.0 Å². The Hall–Kier alpha value is -2.41. The molecule has 0 aliphatic carbocycles. The second-order valence-electron chi connectivity index (χ2n) is 3.75. The zero-order valence-electron chi connectivity index (χ0n) is 9.90. The number of aryl methyl sites for hydroxylation is 1. The van der Waals surface area contributed by atoms with Gasteiger partial charge in [0, 0.05) is 17.5 Å². The average Bonchev–Trinajstić information content (AvgIpc) is 2.92. The Kier molecular flexibility index (Phi) is 2.88. The van der Waals surface area contributed by atoms with Gasteiger partial charge in [-0.1, -0.05) is 0 Å². The normalized spacial score (nSPS) is 10.6. The van der Waals surface area contributed by atoms with Gasteiger partial charge in [0.1, 0.15) is 12.7 Å². The molecule has 0 fully saturated rings. The quantitative estimate of drug-likeness (QED) is 0.703. The van der Waals surface area contributed by atoms with E-state index in [-0.39, 0.29) is 5.28 Å². The maximum Gasteiger partial charge on any atom is 0.256 e. The molecule has 0 atom stereocenters. The minimum atomic E-state index is 0.102. The molecular weight excluding hydrogens is 266 g/mol. The Bertz CT molecular complexity index is 711. The largest absolute Gasteiger partial charge is 0.262 e. The van der Waals surface area contributed by atoms with Gasteiger partial charge in [0.05, 0.1) is 0 Å². The van der Waals surface area contributed by atoms with E-state index in [1.54, 1.807) is 6.20 Å². The van der Waals surface area contributed by atoms with Crippen molar-refractivity contribution in [2.24, 2.45) is 0 Å². The number of hydrogen-bond donors (Lipinski definition) is 0. The molecule has 94 valence electrons. The molecule has 3 rings (SSSR count). The monoisotopic (exact) mass is 273 g/mol. The topological polar surface area (TPSA) is 82.3 Å². The van der Waals surface area contributed by atoms with Crippen LogP contribution in [0.1, 0.15) is 5.69 Å². The van der Waals surface area contributed by atoms with Crippen molar-refractivity contribution >= 4 is 11.6 Å². The van der Waals surface area contributed by atoms with E-state index in [1.165, 1.54) is 17.3 Å². The van der Waals surface area contributed by atoms with Crippen LogP contribution in [0.2, 0.25) is 5.28 Å². The summed E-state index contributed by atoms with van der Waals surface area (Å²) in [5.74, 6) is 0.790. The molecule has 3 aromatic heterocycles. The predicted molar refractivity (Wildman–Crippen MR) is 67.7 cm³/mol. The van der Waals surface area contributed by atoms with Gasteiger partial charge in [0.15, 0.2) is 5.82 Å². The lowest BCUT2D eigenvalue weighted by atomic mass is 10.2. The molecule has 3 aromatic rings. The van der Waals surface area contributed by atoms with Crippen LogP contribution in [0.25, 0.3) is 17.3 Å². The summed E-state index contributed by atoms with van der Waals surface area (Å²) in [5.41, 5.74) is 1.69. The van der Waals surface area contributed by atoms with Crippen LogP contribution in [-0.4, -0.2) is 34.7 Å². The Morgan fingerprint density at radius 2 is 2.11 bits per heavy atom. The van der Waals surface area contributed by atoms with Crippen molar-refractivity contribution < 1.29 is 0 Å². The summed E-state index contributed by atoms with van der Waals surface area (Å²) in [7, 11) is 0. The van der Waals surface area contributed by atoms with E-state index in [1.807, 2.05) is 19.1 Å². The van der Waals surface area contributed by atoms with Gasteiger partial charge in [-0.05, 0) is 30.7 Å². The van der Waals surface area contributed by atoms with Gasteiger partial charge in [0.25, 0.3) is 5.95 Å². The molecule has 3 heterocycles. The van der Waals surface area contributed by atoms with Gasteiger partial charge in [0.2, 0.25) is 5.28 Å². The molecule has 0 bridgehead atoms. The molecule has 0 unspecified atom stereocenters. The van der Waals surface area contributed by atoms with E-state index in [2.05, 4.69) is 30.0 Å². The predicted octanol–water partition coefficient (Wildman–Crippen LogP) is 1.48. The van der Waals surface area contributed by atoms with Crippen LogP contribution >= 0.6 is 11.6 Å². The van der Waals surface area contributed by atoms with Crippen LogP contribution in [0.4, 0.5) is 0 Å². The zero-order chi connectivity index (χ0) is 13.2. The minimum absolute atomic E-state index is 0.102. The standard InChI is InChI=1S/C11H8ClN7/c1-7-4-8(2-3-14-7)9-16-10(12)18-11(17-9)19-6-13-5-15-19/h2-6H,1H3. The molecule has 7 nitrogen and oxygen atoms in total. The molecule has 19 heavy (non-hydrogen) atoms. The van der Waals surface area contributed by atoms with Gasteiger partial charge >= 0.3 is 0 Å². The second kappa shape index (κ2) is 4.69.